The van der Waals surface area contributed by atoms with Crippen molar-refractivity contribution in [2.75, 3.05) is 11.1 Å². The molecule has 1 fully saturated rings. The third kappa shape index (κ3) is 4.19. The van der Waals surface area contributed by atoms with Crippen LogP contribution in [0.4, 0.5) is 5.82 Å². The Hall–Kier alpha value is -2.99. The quantitative estimate of drug-likeness (QED) is 0.501. The zero-order valence-corrected chi connectivity index (χ0v) is 19.5. The maximum atomic E-state index is 12.9. The number of nitrogens with zero attached hydrogens (tertiary/aromatic N) is 5. The number of hydrogen-bond donors (Lipinski definition) is 1. The van der Waals surface area contributed by atoms with Crippen molar-refractivity contribution >= 4 is 23.5 Å². The van der Waals surface area contributed by atoms with Gasteiger partial charge < -0.3 is 14.3 Å². The van der Waals surface area contributed by atoms with Gasteiger partial charge in [0.05, 0.1) is 17.6 Å². The van der Waals surface area contributed by atoms with E-state index in [2.05, 4.69) is 26.2 Å². The van der Waals surface area contributed by atoms with Gasteiger partial charge in [-0.05, 0) is 51.3 Å². The number of hydrogen-bond acceptors (Lipinski definition) is 6. The standard InChI is InChI=1S/C23H28N6O2S/c1-4-28-22(19-11-8-12-31-19)26-27-23(28)32-14-20(30)25-21-18(13-24)15(2)16(3)29(21)17-9-6-5-7-10-17/h8,11-12,17H,4-7,9-10,14H2,1-3H3,(H,25,30). The fourth-order valence-corrected chi connectivity index (χ4v) is 5.25. The Labute approximate surface area is 192 Å². The lowest BCUT2D eigenvalue weighted by atomic mass is 9.95. The summed E-state index contributed by atoms with van der Waals surface area (Å²) in [7, 11) is 0. The molecule has 0 radical (unpaired) electrons. The molecule has 0 bridgehead atoms. The third-order valence-electron chi connectivity index (χ3n) is 6.17. The van der Waals surface area contributed by atoms with Crippen LogP contribution in [0.15, 0.2) is 28.0 Å². The number of carbonyl (C=O) groups is 1. The Balaban J connectivity index is 1.52. The number of anilines is 1. The Kier molecular flexibility index (Phi) is 6.70. The molecule has 3 aromatic rings. The van der Waals surface area contributed by atoms with Crippen LogP contribution >= 0.6 is 11.8 Å². The van der Waals surface area contributed by atoms with Crippen LogP contribution < -0.4 is 5.32 Å². The van der Waals surface area contributed by atoms with Gasteiger partial charge in [-0.1, -0.05) is 31.0 Å². The molecule has 0 aromatic carbocycles. The van der Waals surface area contributed by atoms with E-state index in [9.17, 15) is 10.1 Å². The maximum Gasteiger partial charge on any atom is 0.235 e. The molecule has 3 aromatic heterocycles. The SMILES string of the molecule is CCn1c(SCC(=O)Nc2c(C#N)c(C)c(C)n2C2CCCCC2)nnc1-c1ccco1. The molecule has 1 saturated carbocycles. The number of thioether (sulfide) groups is 1. The van der Waals surface area contributed by atoms with Gasteiger partial charge in [-0.3, -0.25) is 9.36 Å². The topological polar surface area (TPSA) is 102 Å². The molecule has 0 atom stereocenters. The van der Waals surface area contributed by atoms with E-state index in [0.717, 1.165) is 24.1 Å². The van der Waals surface area contributed by atoms with E-state index in [0.29, 0.717) is 40.7 Å². The van der Waals surface area contributed by atoms with Gasteiger partial charge in [0.2, 0.25) is 5.91 Å². The van der Waals surface area contributed by atoms with Crippen molar-refractivity contribution in [3.8, 4) is 17.7 Å². The Morgan fingerprint density at radius 2 is 2.09 bits per heavy atom. The number of furan rings is 1. The minimum atomic E-state index is -0.161. The fourth-order valence-electron chi connectivity index (χ4n) is 4.45. The summed E-state index contributed by atoms with van der Waals surface area (Å²) in [4.78, 5) is 12.9. The molecule has 1 aliphatic carbocycles. The largest absolute Gasteiger partial charge is 0.461 e. The molecule has 0 aliphatic heterocycles. The molecule has 8 nitrogen and oxygen atoms in total. The highest BCUT2D eigenvalue weighted by Crippen LogP contribution is 2.37. The number of nitrogens with one attached hydrogen (secondary N) is 1. The van der Waals surface area contributed by atoms with E-state index in [1.54, 1.807) is 6.26 Å². The molecule has 0 spiro atoms. The number of rotatable bonds is 7. The molecule has 1 amide bonds. The number of nitriles is 1. The first-order chi connectivity index (χ1) is 15.5. The normalized spacial score (nSPS) is 14.4. The third-order valence-corrected chi connectivity index (χ3v) is 7.14. The summed E-state index contributed by atoms with van der Waals surface area (Å²) in [6, 6.07) is 6.27. The molecule has 3 heterocycles. The monoisotopic (exact) mass is 452 g/mol. The first kappa shape index (κ1) is 22.2. The van der Waals surface area contributed by atoms with E-state index in [-0.39, 0.29) is 11.7 Å². The second-order valence-corrected chi connectivity index (χ2v) is 9.01. The van der Waals surface area contributed by atoms with Crippen molar-refractivity contribution in [2.24, 2.45) is 0 Å². The van der Waals surface area contributed by atoms with Crippen molar-refractivity contribution in [2.45, 2.75) is 70.6 Å². The van der Waals surface area contributed by atoms with Gasteiger partial charge in [-0.2, -0.15) is 5.26 Å². The second kappa shape index (κ2) is 9.65. The van der Waals surface area contributed by atoms with E-state index in [1.807, 2.05) is 37.5 Å². The Morgan fingerprint density at radius 1 is 1.31 bits per heavy atom. The fraction of sp³-hybridized carbons (Fsp3) is 0.478. The summed E-state index contributed by atoms with van der Waals surface area (Å²) in [5.41, 5.74) is 2.56. The second-order valence-electron chi connectivity index (χ2n) is 8.07. The highest BCUT2D eigenvalue weighted by Gasteiger charge is 2.26. The summed E-state index contributed by atoms with van der Waals surface area (Å²) in [6.45, 7) is 6.66. The summed E-state index contributed by atoms with van der Waals surface area (Å²) in [5, 5.41) is 21.9. The first-order valence-electron chi connectivity index (χ1n) is 11.1. The van der Waals surface area contributed by atoms with Gasteiger partial charge in [0, 0.05) is 18.3 Å². The number of carbonyl (C=O) groups excluding carboxylic acids is 1. The number of aromatic nitrogens is 4. The van der Waals surface area contributed by atoms with Crippen LogP contribution in [0.25, 0.3) is 11.6 Å². The van der Waals surface area contributed by atoms with Crippen molar-refractivity contribution in [3.05, 3.63) is 35.2 Å². The zero-order chi connectivity index (χ0) is 22.7. The summed E-state index contributed by atoms with van der Waals surface area (Å²) >= 11 is 1.33. The molecule has 1 N–H and O–H groups in total. The van der Waals surface area contributed by atoms with Crippen LogP contribution in [-0.2, 0) is 11.3 Å². The Bertz CT molecular complexity index is 1130. The summed E-state index contributed by atoms with van der Waals surface area (Å²) in [5.74, 6) is 1.93. The van der Waals surface area contributed by atoms with Gasteiger partial charge in [-0.15, -0.1) is 10.2 Å². The minimum Gasteiger partial charge on any atom is -0.461 e. The molecule has 32 heavy (non-hydrogen) atoms. The van der Waals surface area contributed by atoms with Crippen molar-refractivity contribution in [1.82, 2.24) is 19.3 Å². The van der Waals surface area contributed by atoms with E-state index in [4.69, 9.17) is 4.42 Å². The molecule has 0 unspecified atom stereocenters. The summed E-state index contributed by atoms with van der Waals surface area (Å²) < 4.78 is 9.55. The van der Waals surface area contributed by atoms with Crippen LogP contribution in [0.2, 0.25) is 0 Å². The molecular formula is C23H28N6O2S. The minimum absolute atomic E-state index is 0.161. The number of amides is 1. The lowest BCUT2D eigenvalue weighted by Crippen LogP contribution is -2.22. The molecular weight excluding hydrogens is 424 g/mol. The molecule has 168 valence electrons. The van der Waals surface area contributed by atoms with E-state index >= 15 is 0 Å². The lowest BCUT2D eigenvalue weighted by Gasteiger charge is -2.27. The predicted molar refractivity (Wildman–Crippen MR) is 123 cm³/mol. The van der Waals surface area contributed by atoms with Crippen molar-refractivity contribution in [3.63, 3.8) is 0 Å². The molecule has 1 aliphatic rings. The van der Waals surface area contributed by atoms with Gasteiger partial charge in [0.15, 0.2) is 16.7 Å². The summed E-state index contributed by atoms with van der Waals surface area (Å²) in [6.07, 6.45) is 7.35. The highest BCUT2D eigenvalue weighted by molar-refractivity contribution is 7.99. The van der Waals surface area contributed by atoms with E-state index < -0.39 is 0 Å². The average Bonchev–Trinajstić information content (AvgIpc) is 3.52. The zero-order valence-electron chi connectivity index (χ0n) is 18.7. The van der Waals surface area contributed by atoms with Gasteiger partial charge in [0.25, 0.3) is 0 Å². The van der Waals surface area contributed by atoms with Crippen molar-refractivity contribution < 1.29 is 9.21 Å². The van der Waals surface area contributed by atoms with Crippen LogP contribution in [0.3, 0.4) is 0 Å². The van der Waals surface area contributed by atoms with Crippen molar-refractivity contribution in [1.29, 1.82) is 5.26 Å². The van der Waals surface area contributed by atoms with Gasteiger partial charge in [0.1, 0.15) is 11.9 Å². The van der Waals surface area contributed by atoms with Crippen LogP contribution in [0.1, 0.15) is 61.9 Å². The van der Waals surface area contributed by atoms with Crippen LogP contribution in [-0.4, -0.2) is 31.0 Å². The van der Waals surface area contributed by atoms with Crippen LogP contribution in [0, 0.1) is 25.2 Å². The molecule has 9 heteroatoms. The average molecular weight is 453 g/mol. The predicted octanol–water partition coefficient (Wildman–Crippen LogP) is 5.08. The molecule has 0 saturated heterocycles. The lowest BCUT2D eigenvalue weighted by molar-refractivity contribution is -0.113. The maximum absolute atomic E-state index is 12.9. The highest BCUT2D eigenvalue weighted by atomic mass is 32.2. The molecule has 4 rings (SSSR count). The van der Waals surface area contributed by atoms with Crippen LogP contribution in [0.5, 0.6) is 0 Å². The smallest absolute Gasteiger partial charge is 0.235 e. The first-order valence-corrected chi connectivity index (χ1v) is 12.0. The van der Waals surface area contributed by atoms with E-state index in [1.165, 1.54) is 31.0 Å². The van der Waals surface area contributed by atoms with Gasteiger partial charge in [-0.25, -0.2) is 0 Å². The Morgan fingerprint density at radius 3 is 2.75 bits per heavy atom. The van der Waals surface area contributed by atoms with Gasteiger partial charge >= 0.3 is 0 Å².